The van der Waals surface area contributed by atoms with Crippen LogP contribution in [0.5, 0.6) is 0 Å². The second-order valence-electron chi connectivity index (χ2n) is 7.51. The number of pyridine rings is 2. The highest BCUT2D eigenvalue weighted by molar-refractivity contribution is 7.80. The summed E-state index contributed by atoms with van der Waals surface area (Å²) in [5.74, 6) is 0. The van der Waals surface area contributed by atoms with Gasteiger partial charge in [0.1, 0.15) is 0 Å². The van der Waals surface area contributed by atoms with E-state index in [1.165, 1.54) is 5.69 Å². The molecule has 29 heavy (non-hydrogen) atoms. The van der Waals surface area contributed by atoms with Crippen molar-refractivity contribution in [3.05, 3.63) is 84.2 Å². The summed E-state index contributed by atoms with van der Waals surface area (Å²) in [4.78, 5) is 13.6. The van der Waals surface area contributed by atoms with Crippen LogP contribution in [0, 0.1) is 0 Å². The van der Waals surface area contributed by atoms with E-state index in [-0.39, 0.29) is 12.1 Å². The molecule has 0 amide bonds. The van der Waals surface area contributed by atoms with E-state index in [1.54, 1.807) is 0 Å². The second kappa shape index (κ2) is 8.71. The fourth-order valence-corrected chi connectivity index (χ4v) is 4.11. The molecule has 0 aromatic carbocycles. The van der Waals surface area contributed by atoms with Gasteiger partial charge in [0.05, 0.1) is 30.0 Å². The van der Waals surface area contributed by atoms with Gasteiger partial charge in [-0.15, -0.1) is 0 Å². The summed E-state index contributed by atoms with van der Waals surface area (Å²) in [6.07, 6.45) is 5.79. The minimum Gasteiger partial charge on any atom is -0.352 e. The highest BCUT2D eigenvalue weighted by atomic mass is 32.1. The number of nitrogens with zero attached hydrogens (tertiary/aromatic N) is 5. The first-order valence-corrected chi connectivity index (χ1v) is 10.2. The molecule has 1 aliphatic rings. The van der Waals surface area contributed by atoms with Gasteiger partial charge in [-0.05, 0) is 62.7 Å². The van der Waals surface area contributed by atoms with Crippen molar-refractivity contribution in [3.8, 4) is 0 Å². The average Bonchev–Trinajstić information content (AvgIpc) is 3.31. The molecule has 0 bridgehead atoms. The summed E-state index contributed by atoms with van der Waals surface area (Å²) in [5.41, 5.74) is 3.24. The van der Waals surface area contributed by atoms with Crippen molar-refractivity contribution < 1.29 is 0 Å². The van der Waals surface area contributed by atoms with Crippen molar-refractivity contribution in [2.24, 2.45) is 0 Å². The van der Waals surface area contributed by atoms with Crippen molar-refractivity contribution in [3.63, 3.8) is 0 Å². The molecule has 3 aromatic heterocycles. The van der Waals surface area contributed by atoms with Crippen molar-refractivity contribution in [1.29, 1.82) is 0 Å². The molecule has 1 saturated heterocycles. The van der Waals surface area contributed by atoms with E-state index in [0.29, 0.717) is 0 Å². The Hall–Kier alpha value is -2.77. The van der Waals surface area contributed by atoms with Crippen LogP contribution in [0.15, 0.2) is 67.1 Å². The number of nitrogens with one attached hydrogen (secondary N) is 1. The first-order valence-electron chi connectivity index (χ1n) is 9.81. The van der Waals surface area contributed by atoms with Gasteiger partial charge in [0.25, 0.3) is 0 Å². The number of aromatic nitrogens is 3. The summed E-state index contributed by atoms with van der Waals surface area (Å²) in [5, 5.41) is 4.30. The molecule has 1 fully saturated rings. The van der Waals surface area contributed by atoms with Gasteiger partial charge in [-0.25, -0.2) is 0 Å². The third kappa shape index (κ3) is 4.31. The van der Waals surface area contributed by atoms with Crippen molar-refractivity contribution in [1.82, 2.24) is 29.7 Å². The summed E-state index contributed by atoms with van der Waals surface area (Å²) < 4.78 is 2.27. The van der Waals surface area contributed by atoms with Gasteiger partial charge < -0.3 is 19.7 Å². The maximum Gasteiger partial charge on any atom is 0.170 e. The van der Waals surface area contributed by atoms with Gasteiger partial charge in [-0.1, -0.05) is 12.1 Å². The Kier molecular flexibility index (Phi) is 5.87. The number of hydrogen-bond donors (Lipinski definition) is 1. The van der Waals surface area contributed by atoms with Gasteiger partial charge in [-0.2, -0.15) is 0 Å². The molecule has 1 N–H and O–H groups in total. The number of likely N-dealkylation sites (N-methyl/N-ethyl adjacent to an activating group) is 1. The van der Waals surface area contributed by atoms with E-state index in [9.17, 15) is 0 Å². The Bertz CT molecular complexity index is 940. The van der Waals surface area contributed by atoms with E-state index in [2.05, 4.69) is 74.2 Å². The molecule has 0 aliphatic carbocycles. The molecular weight excluding hydrogens is 380 g/mol. The first-order chi connectivity index (χ1) is 14.1. The fraction of sp³-hybridized carbons (Fsp3) is 0.318. The van der Waals surface area contributed by atoms with Crippen LogP contribution in [-0.2, 0) is 6.54 Å². The van der Waals surface area contributed by atoms with Gasteiger partial charge in [0.15, 0.2) is 5.11 Å². The van der Waals surface area contributed by atoms with E-state index in [1.807, 2.05) is 36.7 Å². The molecule has 2 atom stereocenters. The van der Waals surface area contributed by atoms with E-state index < -0.39 is 0 Å². The fourth-order valence-electron chi connectivity index (χ4n) is 3.78. The van der Waals surface area contributed by atoms with Gasteiger partial charge >= 0.3 is 0 Å². The van der Waals surface area contributed by atoms with Crippen LogP contribution in [0.2, 0.25) is 0 Å². The number of rotatable bonds is 7. The monoisotopic (exact) mass is 406 g/mol. The average molecular weight is 407 g/mol. The largest absolute Gasteiger partial charge is 0.352 e. The van der Waals surface area contributed by atoms with Crippen LogP contribution >= 0.6 is 12.2 Å². The minimum absolute atomic E-state index is 0.00300. The van der Waals surface area contributed by atoms with E-state index in [4.69, 9.17) is 12.2 Å². The Morgan fingerprint density at radius 2 is 1.83 bits per heavy atom. The van der Waals surface area contributed by atoms with Crippen LogP contribution in [0.1, 0.15) is 29.2 Å². The molecule has 3 aromatic rings. The lowest BCUT2D eigenvalue weighted by Gasteiger charge is -2.29. The van der Waals surface area contributed by atoms with Gasteiger partial charge in [0, 0.05) is 37.4 Å². The highest BCUT2D eigenvalue weighted by Crippen LogP contribution is 2.38. The zero-order valence-electron chi connectivity index (χ0n) is 16.8. The summed E-state index contributed by atoms with van der Waals surface area (Å²) in [6.45, 7) is 2.50. The second-order valence-corrected chi connectivity index (χ2v) is 7.89. The Labute approximate surface area is 177 Å². The standard InChI is InChI=1S/C22H26N6S/c1-26(2)14-15-28-21(20(25-22(28)29)18-9-4-6-12-24-18)19-10-7-13-27(19)16-17-8-3-5-11-23-17/h3-13,20-21H,14-16H2,1-2H3,(H,25,29)/t20-,21+/m1/s1. The van der Waals surface area contributed by atoms with Crippen LogP contribution in [0.25, 0.3) is 0 Å². The molecule has 0 saturated carbocycles. The maximum absolute atomic E-state index is 5.74. The highest BCUT2D eigenvalue weighted by Gasteiger charge is 2.40. The Balaban J connectivity index is 1.70. The van der Waals surface area contributed by atoms with Crippen LogP contribution in [-0.4, -0.2) is 56.6 Å². The van der Waals surface area contributed by atoms with E-state index >= 15 is 0 Å². The summed E-state index contributed by atoms with van der Waals surface area (Å²) in [7, 11) is 4.17. The molecule has 0 unspecified atom stereocenters. The third-order valence-corrected chi connectivity index (χ3v) is 5.56. The lowest BCUT2D eigenvalue weighted by atomic mass is 10.0. The lowest BCUT2D eigenvalue weighted by molar-refractivity contribution is 0.269. The maximum atomic E-state index is 5.74. The van der Waals surface area contributed by atoms with Gasteiger partial charge in [0.2, 0.25) is 0 Å². The predicted octanol–water partition coefficient (Wildman–Crippen LogP) is 2.86. The zero-order chi connectivity index (χ0) is 20.2. The molecule has 7 heteroatoms. The van der Waals surface area contributed by atoms with Crippen molar-refractivity contribution in [2.75, 3.05) is 27.2 Å². The Morgan fingerprint density at radius 1 is 1.03 bits per heavy atom. The quantitative estimate of drug-likeness (QED) is 0.609. The Morgan fingerprint density at radius 3 is 2.52 bits per heavy atom. The minimum atomic E-state index is 0.00300. The number of thiocarbonyl (C=S) groups is 1. The van der Waals surface area contributed by atoms with E-state index in [0.717, 1.165) is 36.1 Å². The molecule has 150 valence electrons. The predicted molar refractivity (Wildman–Crippen MR) is 118 cm³/mol. The molecule has 6 nitrogen and oxygen atoms in total. The SMILES string of the molecule is CN(C)CCN1C(=S)N[C@H](c2ccccn2)[C@@H]1c1cccn1Cc1ccccn1. The smallest absolute Gasteiger partial charge is 0.170 e. The topological polar surface area (TPSA) is 49.2 Å². The summed E-state index contributed by atoms with van der Waals surface area (Å²) in [6, 6.07) is 16.4. The molecular formula is C22H26N6S. The molecule has 0 spiro atoms. The molecule has 0 radical (unpaired) electrons. The van der Waals surface area contributed by atoms with Crippen molar-refractivity contribution in [2.45, 2.75) is 18.6 Å². The molecule has 4 rings (SSSR count). The number of hydrogen-bond acceptors (Lipinski definition) is 4. The van der Waals surface area contributed by atoms with Crippen LogP contribution < -0.4 is 5.32 Å². The lowest BCUT2D eigenvalue weighted by Crippen LogP contribution is -2.36. The van der Waals surface area contributed by atoms with Gasteiger partial charge in [-0.3, -0.25) is 9.97 Å². The first kappa shape index (κ1) is 19.5. The van der Waals surface area contributed by atoms with Crippen LogP contribution in [0.3, 0.4) is 0 Å². The normalized spacial score (nSPS) is 19.0. The molecule has 4 heterocycles. The summed E-state index contributed by atoms with van der Waals surface area (Å²) >= 11 is 5.74. The zero-order valence-corrected chi connectivity index (χ0v) is 17.6. The van der Waals surface area contributed by atoms with Crippen LogP contribution in [0.4, 0.5) is 0 Å². The molecule has 1 aliphatic heterocycles. The van der Waals surface area contributed by atoms with Crippen molar-refractivity contribution >= 4 is 17.3 Å². The third-order valence-electron chi connectivity index (χ3n) is 5.21.